The van der Waals surface area contributed by atoms with Crippen LogP contribution >= 0.6 is 0 Å². The smallest absolute Gasteiger partial charge is 0.336 e. The van der Waals surface area contributed by atoms with Gasteiger partial charge >= 0.3 is 5.97 Å². The van der Waals surface area contributed by atoms with Crippen molar-refractivity contribution in [2.45, 2.75) is 45.4 Å². The van der Waals surface area contributed by atoms with Crippen molar-refractivity contribution in [1.29, 1.82) is 0 Å². The highest BCUT2D eigenvalue weighted by Crippen LogP contribution is 2.46. The molecule has 9 nitrogen and oxygen atoms in total. The second kappa shape index (κ2) is 12.2. The van der Waals surface area contributed by atoms with Crippen molar-refractivity contribution < 1.29 is 33.0 Å². The van der Waals surface area contributed by atoms with Gasteiger partial charge in [0.1, 0.15) is 12.2 Å². The number of benzene rings is 2. The number of aryl methyl sites for hydroxylation is 1. The molecule has 0 amide bonds. The van der Waals surface area contributed by atoms with Crippen molar-refractivity contribution in [1.82, 2.24) is 5.32 Å². The maximum absolute atomic E-state index is 14.0. The number of Topliss-reactive ketones (excluding diaryl/α,β-unsaturated/α-hetero) is 1. The molecule has 0 radical (unpaired) electrons. The third kappa shape index (κ3) is 5.44. The van der Waals surface area contributed by atoms with Gasteiger partial charge in [0.15, 0.2) is 22.7 Å². The summed E-state index contributed by atoms with van der Waals surface area (Å²) in [5.41, 5.74) is 3.96. The van der Waals surface area contributed by atoms with Crippen molar-refractivity contribution in [3.63, 3.8) is 0 Å². The number of allylic oxidation sites excluding steroid dienone is 3. The van der Waals surface area contributed by atoms with Gasteiger partial charge in [-0.05, 0) is 62.9 Å². The molecule has 1 aromatic heterocycles. The predicted molar refractivity (Wildman–Crippen MR) is 157 cm³/mol. The van der Waals surface area contributed by atoms with Gasteiger partial charge in [-0.15, -0.1) is 0 Å². The first-order chi connectivity index (χ1) is 20.3. The van der Waals surface area contributed by atoms with Gasteiger partial charge in [0.2, 0.25) is 0 Å². The Hall–Kier alpha value is -4.37. The summed E-state index contributed by atoms with van der Waals surface area (Å²) in [6, 6.07) is 11.1. The molecule has 1 N–H and O–H groups in total. The molecule has 0 unspecified atom stereocenters. The van der Waals surface area contributed by atoms with E-state index in [1.165, 1.54) is 13.4 Å². The van der Waals surface area contributed by atoms with Crippen LogP contribution in [0.25, 0.3) is 11.0 Å². The molecule has 0 bridgehead atoms. The predicted octanol–water partition coefficient (Wildman–Crippen LogP) is 5.06. The Morgan fingerprint density at radius 2 is 1.83 bits per heavy atom. The van der Waals surface area contributed by atoms with Gasteiger partial charge in [-0.1, -0.05) is 17.7 Å². The molecule has 2 atom stereocenters. The Bertz CT molecular complexity index is 1660. The zero-order chi connectivity index (χ0) is 30.0. The fraction of sp³-hybridized carbons (Fsp3) is 0.364. The van der Waals surface area contributed by atoms with Crippen LogP contribution < -0.4 is 20.2 Å². The number of hydrogen-bond acceptors (Lipinski definition) is 9. The number of esters is 1. The van der Waals surface area contributed by atoms with Crippen LogP contribution in [0.2, 0.25) is 0 Å². The normalized spacial score (nSPS) is 18.5. The van der Waals surface area contributed by atoms with E-state index in [-0.39, 0.29) is 47.9 Å². The van der Waals surface area contributed by atoms with Gasteiger partial charge in [-0.2, -0.15) is 0 Å². The summed E-state index contributed by atoms with van der Waals surface area (Å²) in [5.74, 6) is -0.644. The molecule has 0 saturated carbocycles. The van der Waals surface area contributed by atoms with Crippen LogP contribution in [0.15, 0.2) is 74.4 Å². The van der Waals surface area contributed by atoms with E-state index in [1.54, 1.807) is 26.2 Å². The SMILES string of the molecule is CCOc1ccc([C@H]2CC(=O)C3=C(C2)NC(C)=C(C(=O)OCCOC)[C@H]3c2coc3ccc(C)cc3c2=O)cc1OC. The Morgan fingerprint density at radius 1 is 1.02 bits per heavy atom. The van der Waals surface area contributed by atoms with Crippen molar-refractivity contribution in [3.8, 4) is 11.5 Å². The number of nitrogens with one attached hydrogen (secondary N) is 1. The summed E-state index contributed by atoms with van der Waals surface area (Å²) in [7, 11) is 3.10. The Labute approximate surface area is 244 Å². The molecule has 9 heteroatoms. The first-order valence-electron chi connectivity index (χ1n) is 14.0. The minimum absolute atomic E-state index is 0.0336. The average Bonchev–Trinajstić information content (AvgIpc) is 2.97. The second-order valence-corrected chi connectivity index (χ2v) is 10.5. The van der Waals surface area contributed by atoms with Crippen LogP contribution in [0.5, 0.6) is 11.5 Å². The van der Waals surface area contributed by atoms with E-state index >= 15 is 0 Å². The van der Waals surface area contributed by atoms with Gasteiger partial charge in [-0.3, -0.25) is 9.59 Å². The van der Waals surface area contributed by atoms with Gasteiger partial charge < -0.3 is 28.7 Å². The Morgan fingerprint density at radius 3 is 2.57 bits per heavy atom. The maximum atomic E-state index is 14.0. The van der Waals surface area contributed by atoms with Crippen molar-refractivity contribution >= 4 is 22.7 Å². The molecule has 1 aliphatic heterocycles. The molecule has 220 valence electrons. The first-order valence-corrected chi connectivity index (χ1v) is 14.0. The lowest BCUT2D eigenvalue weighted by Crippen LogP contribution is -2.37. The molecule has 2 heterocycles. The van der Waals surface area contributed by atoms with E-state index in [1.807, 2.05) is 38.1 Å². The lowest BCUT2D eigenvalue weighted by Gasteiger charge is -2.36. The van der Waals surface area contributed by atoms with E-state index in [9.17, 15) is 14.4 Å². The number of hydrogen-bond donors (Lipinski definition) is 1. The lowest BCUT2D eigenvalue weighted by molar-refractivity contribution is -0.140. The van der Waals surface area contributed by atoms with Crippen LogP contribution in [0, 0.1) is 6.92 Å². The Kier molecular flexibility index (Phi) is 8.49. The van der Waals surface area contributed by atoms with Crippen LogP contribution in [0.1, 0.15) is 55.2 Å². The third-order valence-electron chi connectivity index (χ3n) is 7.79. The summed E-state index contributed by atoms with van der Waals surface area (Å²) >= 11 is 0. The number of carbonyl (C=O) groups is 2. The highest BCUT2D eigenvalue weighted by Gasteiger charge is 2.43. The van der Waals surface area contributed by atoms with Crippen LogP contribution in [-0.4, -0.2) is 45.8 Å². The standard InChI is InChI=1S/C33H35NO8/c1-6-40-27-10-8-20(16-28(27)39-5)21-14-24-31(25(35)15-21)30(29(19(3)34-24)33(37)41-12-11-38-4)23-17-42-26-9-7-18(2)13-22(26)32(23)36/h7-10,13,16-17,21,30,34H,6,11-12,14-15H2,1-5H3/t21-,30-/m1/s1. The highest BCUT2D eigenvalue weighted by molar-refractivity contribution is 6.04. The van der Waals surface area contributed by atoms with Crippen LogP contribution in [0.3, 0.4) is 0 Å². The van der Waals surface area contributed by atoms with E-state index < -0.39 is 11.9 Å². The van der Waals surface area contributed by atoms with Crippen molar-refractivity contribution in [3.05, 3.63) is 92.1 Å². The molecule has 3 aromatic rings. The second-order valence-electron chi connectivity index (χ2n) is 10.5. The average molecular weight is 574 g/mol. The summed E-state index contributed by atoms with van der Waals surface area (Å²) in [4.78, 5) is 41.4. The number of methoxy groups -OCH3 is 2. The van der Waals surface area contributed by atoms with Crippen molar-refractivity contribution in [2.75, 3.05) is 34.0 Å². The molecular weight excluding hydrogens is 538 g/mol. The van der Waals surface area contributed by atoms with E-state index in [2.05, 4.69) is 5.32 Å². The number of carbonyl (C=O) groups excluding carboxylic acids is 2. The highest BCUT2D eigenvalue weighted by atomic mass is 16.6. The zero-order valence-corrected chi connectivity index (χ0v) is 24.5. The number of rotatable bonds is 9. The number of dihydropyridines is 1. The monoisotopic (exact) mass is 573 g/mol. The number of fused-ring (bicyclic) bond motifs is 1. The molecule has 0 saturated heterocycles. The third-order valence-corrected chi connectivity index (χ3v) is 7.79. The summed E-state index contributed by atoms with van der Waals surface area (Å²) in [5, 5.41) is 3.70. The van der Waals surface area contributed by atoms with E-state index in [0.29, 0.717) is 52.5 Å². The molecule has 5 rings (SSSR count). The fourth-order valence-corrected chi connectivity index (χ4v) is 5.82. The number of ketones is 1. The topological polar surface area (TPSA) is 113 Å². The van der Waals surface area contributed by atoms with Gasteiger partial charge in [-0.25, -0.2) is 4.79 Å². The molecule has 2 aromatic carbocycles. The van der Waals surface area contributed by atoms with Gasteiger partial charge in [0.25, 0.3) is 0 Å². The minimum atomic E-state index is -0.944. The molecule has 42 heavy (non-hydrogen) atoms. The summed E-state index contributed by atoms with van der Waals surface area (Å²) in [6.07, 6.45) is 2.06. The Balaban J connectivity index is 1.61. The molecule has 1 aliphatic carbocycles. The molecule has 0 spiro atoms. The lowest BCUT2D eigenvalue weighted by atomic mass is 9.72. The maximum Gasteiger partial charge on any atom is 0.336 e. The van der Waals surface area contributed by atoms with E-state index in [4.69, 9.17) is 23.4 Å². The fourth-order valence-electron chi connectivity index (χ4n) is 5.82. The molecule has 2 aliphatic rings. The first kappa shape index (κ1) is 29.1. The largest absolute Gasteiger partial charge is 0.493 e. The quantitative estimate of drug-likeness (QED) is 0.277. The molecular formula is C33H35NO8. The van der Waals surface area contributed by atoms with Gasteiger partial charge in [0, 0.05) is 36.1 Å². The van der Waals surface area contributed by atoms with E-state index in [0.717, 1.165) is 11.1 Å². The summed E-state index contributed by atoms with van der Waals surface area (Å²) in [6.45, 7) is 6.30. The van der Waals surface area contributed by atoms with Crippen LogP contribution in [0.4, 0.5) is 0 Å². The minimum Gasteiger partial charge on any atom is -0.493 e. The van der Waals surface area contributed by atoms with Gasteiger partial charge in [0.05, 0.1) is 43.5 Å². The van der Waals surface area contributed by atoms with Crippen LogP contribution in [-0.2, 0) is 19.1 Å². The zero-order valence-electron chi connectivity index (χ0n) is 24.5. The number of ether oxygens (including phenoxy) is 4. The van der Waals surface area contributed by atoms with Crippen molar-refractivity contribution in [2.24, 2.45) is 0 Å². The molecule has 0 fully saturated rings. The summed E-state index contributed by atoms with van der Waals surface area (Å²) < 4.78 is 27.6.